The summed E-state index contributed by atoms with van der Waals surface area (Å²) in [5.41, 5.74) is 0.954. The Balaban J connectivity index is 1.73. The van der Waals surface area contributed by atoms with Crippen LogP contribution in [0.2, 0.25) is 0 Å². The van der Waals surface area contributed by atoms with E-state index in [1.54, 1.807) is 6.92 Å². The van der Waals surface area contributed by atoms with Gasteiger partial charge in [-0.05, 0) is 6.92 Å². The van der Waals surface area contributed by atoms with Crippen LogP contribution in [0, 0.1) is 6.92 Å². The Bertz CT molecular complexity index is 564. The van der Waals surface area contributed by atoms with Crippen molar-refractivity contribution in [2.75, 3.05) is 45.9 Å². The Morgan fingerprint density at radius 2 is 1.96 bits per heavy atom. The maximum Gasteiger partial charge on any atom is 0.257 e. The summed E-state index contributed by atoms with van der Waals surface area (Å²) in [4.78, 5) is 26.4. The molecular weight excluding hydrogens is 312 g/mol. The predicted molar refractivity (Wildman–Crippen MR) is 87.9 cm³/mol. The van der Waals surface area contributed by atoms with Gasteiger partial charge in [-0.25, -0.2) is 0 Å². The third-order valence-corrected chi connectivity index (χ3v) is 3.90. The highest BCUT2D eigenvalue weighted by atomic mass is 16.5. The average Bonchev–Trinajstić information content (AvgIpc) is 2.95. The third kappa shape index (κ3) is 5.04. The van der Waals surface area contributed by atoms with E-state index in [0.29, 0.717) is 23.6 Å². The number of nitrogens with one attached hydrogen (secondary N) is 2. The van der Waals surface area contributed by atoms with Gasteiger partial charge in [-0.15, -0.1) is 0 Å². The molecule has 0 radical (unpaired) electrons. The summed E-state index contributed by atoms with van der Waals surface area (Å²) in [5.74, 6) is 0.0459. The highest BCUT2D eigenvalue weighted by Crippen LogP contribution is 2.21. The number of morpholine rings is 1. The molecule has 0 atom stereocenters. The van der Waals surface area contributed by atoms with Gasteiger partial charge < -0.3 is 19.9 Å². The van der Waals surface area contributed by atoms with Gasteiger partial charge in [0.05, 0.1) is 25.5 Å². The molecule has 2 rings (SSSR count). The van der Waals surface area contributed by atoms with Crippen LogP contribution >= 0.6 is 0 Å². The van der Waals surface area contributed by atoms with Gasteiger partial charge in [0, 0.05) is 32.1 Å². The molecular formula is C16H26N4O4. The van der Waals surface area contributed by atoms with E-state index < -0.39 is 0 Å². The lowest BCUT2D eigenvalue weighted by Gasteiger charge is -2.26. The fourth-order valence-corrected chi connectivity index (χ4v) is 2.55. The fraction of sp³-hybridized carbons (Fsp3) is 0.688. The van der Waals surface area contributed by atoms with E-state index in [1.165, 1.54) is 0 Å². The highest BCUT2D eigenvalue weighted by Gasteiger charge is 2.22. The zero-order valence-electron chi connectivity index (χ0n) is 14.6. The molecule has 2 heterocycles. The first-order valence-electron chi connectivity index (χ1n) is 8.30. The predicted octanol–water partition coefficient (Wildman–Crippen LogP) is 0.285. The molecule has 8 nitrogen and oxygen atoms in total. The largest absolute Gasteiger partial charge is 0.379 e. The van der Waals surface area contributed by atoms with Gasteiger partial charge in [0.25, 0.3) is 5.91 Å². The molecule has 1 fully saturated rings. The summed E-state index contributed by atoms with van der Waals surface area (Å²) in [6, 6.07) is 0. The van der Waals surface area contributed by atoms with Crippen molar-refractivity contribution < 1.29 is 18.8 Å². The van der Waals surface area contributed by atoms with Crippen LogP contribution in [0.25, 0.3) is 0 Å². The average molecular weight is 338 g/mol. The molecule has 1 aliphatic rings. The van der Waals surface area contributed by atoms with Crippen LogP contribution in [0.5, 0.6) is 0 Å². The van der Waals surface area contributed by atoms with Crippen molar-refractivity contribution in [3.8, 4) is 0 Å². The Morgan fingerprint density at radius 3 is 2.62 bits per heavy atom. The molecule has 1 aromatic rings. The summed E-state index contributed by atoms with van der Waals surface area (Å²) in [5, 5.41) is 9.27. The van der Waals surface area contributed by atoms with Gasteiger partial charge in [0.15, 0.2) is 5.76 Å². The van der Waals surface area contributed by atoms with Crippen molar-refractivity contribution in [2.45, 2.75) is 26.7 Å². The first kappa shape index (κ1) is 18.4. The number of carbonyl (C=O) groups excluding carboxylic acids is 2. The zero-order valence-corrected chi connectivity index (χ0v) is 14.6. The Hall–Kier alpha value is -1.93. The Kier molecular flexibility index (Phi) is 6.74. The van der Waals surface area contributed by atoms with Gasteiger partial charge in [-0.2, -0.15) is 0 Å². The van der Waals surface area contributed by atoms with Crippen molar-refractivity contribution in [3.63, 3.8) is 0 Å². The summed E-state index contributed by atoms with van der Waals surface area (Å²) in [7, 11) is 0. The molecule has 24 heavy (non-hydrogen) atoms. The van der Waals surface area contributed by atoms with Crippen LogP contribution in [0.3, 0.4) is 0 Å². The summed E-state index contributed by atoms with van der Waals surface area (Å²) in [6.45, 7) is 10.1. The quantitative estimate of drug-likeness (QED) is 0.741. The van der Waals surface area contributed by atoms with Crippen LogP contribution in [-0.2, 0) is 9.53 Å². The van der Waals surface area contributed by atoms with Crippen molar-refractivity contribution in [1.29, 1.82) is 0 Å². The van der Waals surface area contributed by atoms with Crippen molar-refractivity contribution in [1.82, 2.24) is 20.7 Å². The van der Waals surface area contributed by atoms with E-state index in [4.69, 9.17) is 9.26 Å². The molecule has 1 saturated heterocycles. The molecule has 2 amide bonds. The first-order valence-corrected chi connectivity index (χ1v) is 8.30. The van der Waals surface area contributed by atoms with E-state index in [-0.39, 0.29) is 24.3 Å². The fourth-order valence-electron chi connectivity index (χ4n) is 2.55. The van der Waals surface area contributed by atoms with Crippen molar-refractivity contribution in [2.24, 2.45) is 0 Å². The van der Waals surface area contributed by atoms with Gasteiger partial charge >= 0.3 is 0 Å². The smallest absolute Gasteiger partial charge is 0.257 e. The third-order valence-electron chi connectivity index (χ3n) is 3.90. The molecule has 1 aromatic heterocycles. The van der Waals surface area contributed by atoms with E-state index in [9.17, 15) is 9.59 Å². The summed E-state index contributed by atoms with van der Waals surface area (Å²) >= 11 is 0. The standard InChI is InChI=1S/C16H26N4O4/c1-11(2)15-14(12(3)19-24-15)16(22)18-10-13(21)17-4-5-20-6-8-23-9-7-20/h11H,4-10H2,1-3H3,(H,17,21)(H,18,22). The van der Waals surface area contributed by atoms with Crippen LogP contribution in [-0.4, -0.2) is 67.8 Å². The minimum Gasteiger partial charge on any atom is -0.379 e. The lowest BCUT2D eigenvalue weighted by Crippen LogP contribution is -2.43. The first-order chi connectivity index (χ1) is 11.5. The molecule has 8 heteroatoms. The summed E-state index contributed by atoms with van der Waals surface area (Å²) < 4.78 is 10.5. The van der Waals surface area contributed by atoms with E-state index in [2.05, 4.69) is 20.7 Å². The number of aromatic nitrogens is 1. The number of nitrogens with zero attached hydrogens (tertiary/aromatic N) is 2. The van der Waals surface area contributed by atoms with Crippen molar-refractivity contribution >= 4 is 11.8 Å². The number of amides is 2. The normalized spacial score (nSPS) is 15.5. The van der Waals surface area contributed by atoms with Gasteiger partial charge in [-0.1, -0.05) is 19.0 Å². The van der Waals surface area contributed by atoms with E-state index >= 15 is 0 Å². The lowest BCUT2D eigenvalue weighted by molar-refractivity contribution is -0.120. The van der Waals surface area contributed by atoms with Gasteiger partial charge in [0.2, 0.25) is 5.91 Å². The van der Waals surface area contributed by atoms with Gasteiger partial charge in [-0.3, -0.25) is 14.5 Å². The lowest BCUT2D eigenvalue weighted by atomic mass is 10.0. The second-order valence-electron chi connectivity index (χ2n) is 6.15. The number of carbonyl (C=O) groups is 2. The van der Waals surface area contributed by atoms with Crippen LogP contribution < -0.4 is 10.6 Å². The second kappa shape index (κ2) is 8.79. The number of hydrogen-bond donors (Lipinski definition) is 2. The molecule has 0 spiro atoms. The maximum absolute atomic E-state index is 12.3. The van der Waals surface area contributed by atoms with Crippen LogP contribution in [0.1, 0.15) is 41.6 Å². The zero-order chi connectivity index (χ0) is 17.5. The molecule has 1 aliphatic heterocycles. The van der Waals surface area contributed by atoms with E-state index in [0.717, 1.165) is 32.8 Å². The van der Waals surface area contributed by atoms with Gasteiger partial charge in [0.1, 0.15) is 5.56 Å². The van der Waals surface area contributed by atoms with Crippen LogP contribution in [0.15, 0.2) is 4.52 Å². The Morgan fingerprint density at radius 1 is 1.25 bits per heavy atom. The second-order valence-corrected chi connectivity index (χ2v) is 6.15. The van der Waals surface area contributed by atoms with E-state index in [1.807, 2.05) is 13.8 Å². The number of ether oxygens (including phenoxy) is 1. The van der Waals surface area contributed by atoms with Crippen LogP contribution in [0.4, 0.5) is 0 Å². The number of hydrogen-bond acceptors (Lipinski definition) is 6. The topological polar surface area (TPSA) is 96.7 Å². The molecule has 2 N–H and O–H groups in total. The number of aryl methyl sites for hydroxylation is 1. The monoisotopic (exact) mass is 338 g/mol. The molecule has 0 bridgehead atoms. The molecule has 0 aliphatic carbocycles. The molecule has 134 valence electrons. The minimum absolute atomic E-state index is 0.0503. The maximum atomic E-state index is 12.3. The number of rotatable bonds is 7. The minimum atomic E-state index is -0.333. The van der Waals surface area contributed by atoms with Crippen molar-refractivity contribution in [3.05, 3.63) is 17.0 Å². The summed E-state index contributed by atoms with van der Waals surface area (Å²) in [6.07, 6.45) is 0. The molecule has 0 saturated carbocycles. The molecule has 0 unspecified atom stereocenters. The highest BCUT2D eigenvalue weighted by molar-refractivity contribution is 5.98. The molecule has 0 aromatic carbocycles. The SMILES string of the molecule is Cc1noc(C(C)C)c1C(=O)NCC(=O)NCCN1CCOCC1. The Labute approximate surface area is 141 Å².